The zero-order valence-electron chi connectivity index (χ0n) is 17.8. The first kappa shape index (κ1) is 21.1. The lowest BCUT2D eigenvalue weighted by molar-refractivity contribution is 1.44. The summed E-state index contributed by atoms with van der Waals surface area (Å²) >= 11 is 0. The maximum Gasteiger partial charge on any atom is -0.00268 e. The fourth-order valence-electron chi connectivity index (χ4n) is 3.45. The van der Waals surface area contributed by atoms with Crippen molar-refractivity contribution in [3.05, 3.63) is 156 Å². The van der Waals surface area contributed by atoms with Crippen molar-refractivity contribution in [2.75, 3.05) is 0 Å². The molecular formula is C30H28. The molecule has 0 fully saturated rings. The molecule has 0 atom stereocenters. The Hall–Kier alpha value is -3.64. The van der Waals surface area contributed by atoms with Gasteiger partial charge in [0, 0.05) is 0 Å². The van der Waals surface area contributed by atoms with Crippen LogP contribution in [0, 0.1) is 6.92 Å². The van der Waals surface area contributed by atoms with E-state index >= 15 is 0 Å². The molecule has 0 heterocycles. The third-order valence-corrected chi connectivity index (χ3v) is 4.78. The van der Waals surface area contributed by atoms with Gasteiger partial charge in [0.05, 0.1) is 0 Å². The molecule has 0 aliphatic rings. The SMILES string of the molecule is C=CC.Cc1ccc(C(=C(c2ccccc2)c2ccccc2)c2ccccc2)cc1. The third-order valence-electron chi connectivity index (χ3n) is 4.78. The standard InChI is InChI=1S/C27H22.C3H6/c1-21-17-19-25(20-18-21)27(24-15-9-4-10-16-24)26(22-11-5-2-6-12-22)23-13-7-3-8-14-23;1-3-2/h2-20H,1H3;3H,1H2,2H3. The first-order chi connectivity index (χ1) is 14.7. The van der Waals surface area contributed by atoms with Gasteiger partial charge in [-0.3, -0.25) is 0 Å². The molecule has 0 aliphatic carbocycles. The predicted octanol–water partition coefficient (Wildman–Crippen LogP) is 8.19. The highest BCUT2D eigenvalue weighted by Crippen LogP contribution is 2.36. The van der Waals surface area contributed by atoms with Gasteiger partial charge >= 0.3 is 0 Å². The smallest absolute Gasteiger partial charge is 0.00268 e. The van der Waals surface area contributed by atoms with Crippen LogP contribution in [-0.4, -0.2) is 0 Å². The maximum absolute atomic E-state index is 3.36. The van der Waals surface area contributed by atoms with Crippen LogP contribution in [0.25, 0.3) is 11.1 Å². The molecule has 0 unspecified atom stereocenters. The summed E-state index contributed by atoms with van der Waals surface area (Å²) in [6.45, 7) is 7.38. The molecule has 0 spiro atoms. The summed E-state index contributed by atoms with van der Waals surface area (Å²) in [7, 11) is 0. The van der Waals surface area contributed by atoms with E-state index in [-0.39, 0.29) is 0 Å². The second kappa shape index (κ2) is 10.8. The quantitative estimate of drug-likeness (QED) is 0.244. The van der Waals surface area contributed by atoms with Gasteiger partial charge in [0.2, 0.25) is 0 Å². The van der Waals surface area contributed by atoms with Crippen LogP contribution in [0.2, 0.25) is 0 Å². The summed E-state index contributed by atoms with van der Waals surface area (Å²) in [6, 6.07) is 40.8. The molecule has 0 bridgehead atoms. The Morgan fingerprint density at radius 1 is 0.500 bits per heavy atom. The summed E-state index contributed by atoms with van der Waals surface area (Å²) in [5.41, 5.74) is 8.69. The Balaban J connectivity index is 0.000000806. The van der Waals surface area contributed by atoms with Crippen molar-refractivity contribution in [2.24, 2.45) is 0 Å². The second-order valence-electron chi connectivity index (χ2n) is 7.12. The zero-order chi connectivity index (χ0) is 21.2. The molecule has 0 amide bonds. The van der Waals surface area contributed by atoms with Crippen LogP contribution in [0.4, 0.5) is 0 Å². The van der Waals surface area contributed by atoms with E-state index in [0.717, 1.165) is 0 Å². The summed E-state index contributed by atoms with van der Waals surface area (Å²) in [4.78, 5) is 0. The number of benzene rings is 4. The number of hydrogen-bond acceptors (Lipinski definition) is 0. The van der Waals surface area contributed by atoms with Crippen molar-refractivity contribution in [1.29, 1.82) is 0 Å². The van der Waals surface area contributed by atoms with E-state index in [2.05, 4.69) is 129 Å². The van der Waals surface area contributed by atoms with Gasteiger partial charge in [-0.25, -0.2) is 0 Å². The molecule has 0 radical (unpaired) electrons. The van der Waals surface area contributed by atoms with Crippen molar-refractivity contribution in [2.45, 2.75) is 13.8 Å². The van der Waals surface area contributed by atoms with E-state index in [4.69, 9.17) is 0 Å². The number of hydrogen-bond donors (Lipinski definition) is 0. The van der Waals surface area contributed by atoms with E-state index in [0.29, 0.717) is 0 Å². The minimum Gasteiger partial charge on any atom is -0.103 e. The normalized spacial score (nSPS) is 9.80. The highest BCUT2D eigenvalue weighted by molar-refractivity contribution is 6.04. The molecule has 30 heavy (non-hydrogen) atoms. The van der Waals surface area contributed by atoms with E-state index in [9.17, 15) is 0 Å². The van der Waals surface area contributed by atoms with Crippen LogP contribution in [0.15, 0.2) is 128 Å². The average Bonchev–Trinajstić information content (AvgIpc) is 2.80. The summed E-state index contributed by atoms with van der Waals surface area (Å²) in [5, 5.41) is 0. The monoisotopic (exact) mass is 388 g/mol. The molecule has 4 aromatic rings. The maximum atomic E-state index is 3.36. The van der Waals surface area contributed by atoms with Crippen molar-refractivity contribution in [1.82, 2.24) is 0 Å². The number of rotatable bonds is 4. The van der Waals surface area contributed by atoms with Crippen molar-refractivity contribution in [3.63, 3.8) is 0 Å². The topological polar surface area (TPSA) is 0 Å². The van der Waals surface area contributed by atoms with Crippen LogP contribution in [0.1, 0.15) is 34.7 Å². The lowest BCUT2D eigenvalue weighted by atomic mass is 9.85. The van der Waals surface area contributed by atoms with Gasteiger partial charge in [-0.1, -0.05) is 127 Å². The van der Waals surface area contributed by atoms with Crippen LogP contribution < -0.4 is 0 Å². The molecule has 0 aromatic heterocycles. The minimum atomic E-state index is 1.23. The van der Waals surface area contributed by atoms with Gasteiger partial charge in [-0.05, 0) is 47.2 Å². The lowest BCUT2D eigenvalue weighted by Gasteiger charge is -2.18. The van der Waals surface area contributed by atoms with Gasteiger partial charge in [-0.15, -0.1) is 6.58 Å². The van der Waals surface area contributed by atoms with E-state index in [1.165, 1.54) is 39.0 Å². The van der Waals surface area contributed by atoms with E-state index < -0.39 is 0 Å². The molecule has 4 aromatic carbocycles. The number of aryl methyl sites for hydroxylation is 1. The molecule has 0 N–H and O–H groups in total. The van der Waals surface area contributed by atoms with Gasteiger partial charge in [-0.2, -0.15) is 0 Å². The largest absolute Gasteiger partial charge is 0.103 e. The molecule has 0 saturated carbocycles. The van der Waals surface area contributed by atoms with Gasteiger partial charge < -0.3 is 0 Å². The van der Waals surface area contributed by atoms with Gasteiger partial charge in [0.1, 0.15) is 0 Å². The highest BCUT2D eigenvalue weighted by Gasteiger charge is 2.15. The van der Waals surface area contributed by atoms with Crippen molar-refractivity contribution in [3.8, 4) is 0 Å². The van der Waals surface area contributed by atoms with Crippen molar-refractivity contribution >= 4 is 11.1 Å². The summed E-state index contributed by atoms with van der Waals surface area (Å²) in [5.74, 6) is 0. The summed E-state index contributed by atoms with van der Waals surface area (Å²) < 4.78 is 0. The Bertz CT molecular complexity index is 1030. The minimum absolute atomic E-state index is 1.23. The Morgan fingerprint density at radius 2 is 0.767 bits per heavy atom. The molecule has 0 aliphatic heterocycles. The molecular weight excluding hydrogens is 360 g/mol. The van der Waals surface area contributed by atoms with Crippen LogP contribution in [0.3, 0.4) is 0 Å². The molecule has 0 nitrogen and oxygen atoms in total. The fourth-order valence-corrected chi connectivity index (χ4v) is 3.45. The number of allylic oxidation sites excluding steroid dienone is 1. The zero-order valence-corrected chi connectivity index (χ0v) is 17.8. The molecule has 0 saturated heterocycles. The van der Waals surface area contributed by atoms with E-state index in [1.807, 2.05) is 6.92 Å². The Labute approximate surface area is 180 Å². The van der Waals surface area contributed by atoms with Crippen LogP contribution in [-0.2, 0) is 0 Å². The predicted molar refractivity (Wildman–Crippen MR) is 131 cm³/mol. The first-order valence-corrected chi connectivity index (χ1v) is 10.3. The molecule has 0 heteroatoms. The molecule has 148 valence electrons. The Morgan fingerprint density at radius 3 is 1.07 bits per heavy atom. The highest BCUT2D eigenvalue weighted by atomic mass is 14.2. The average molecular weight is 389 g/mol. The van der Waals surface area contributed by atoms with Crippen molar-refractivity contribution < 1.29 is 0 Å². The Kier molecular flexibility index (Phi) is 7.58. The van der Waals surface area contributed by atoms with Crippen LogP contribution >= 0.6 is 0 Å². The second-order valence-corrected chi connectivity index (χ2v) is 7.12. The van der Waals surface area contributed by atoms with Gasteiger partial charge in [0.15, 0.2) is 0 Å². The molecule has 4 rings (SSSR count). The van der Waals surface area contributed by atoms with Crippen LogP contribution in [0.5, 0.6) is 0 Å². The lowest BCUT2D eigenvalue weighted by Crippen LogP contribution is -1.97. The van der Waals surface area contributed by atoms with E-state index in [1.54, 1.807) is 6.08 Å². The third kappa shape index (κ3) is 5.24. The van der Waals surface area contributed by atoms with Gasteiger partial charge in [0.25, 0.3) is 0 Å². The fraction of sp³-hybridized carbons (Fsp3) is 0.0667. The summed E-state index contributed by atoms with van der Waals surface area (Å²) in [6.07, 6.45) is 1.75. The first-order valence-electron chi connectivity index (χ1n) is 10.3.